The number of hydrogen-bond acceptors (Lipinski definition) is 8. The second kappa shape index (κ2) is 13.4. The summed E-state index contributed by atoms with van der Waals surface area (Å²) in [6.07, 6.45) is 7.79. The van der Waals surface area contributed by atoms with E-state index < -0.39 is 6.04 Å². The van der Waals surface area contributed by atoms with Crippen LogP contribution in [0.25, 0.3) is 0 Å². The van der Waals surface area contributed by atoms with Gasteiger partial charge in [0.2, 0.25) is 11.8 Å². The first-order chi connectivity index (χ1) is 24.2. The van der Waals surface area contributed by atoms with Crippen LogP contribution >= 0.6 is 0 Å². The zero-order valence-corrected chi connectivity index (χ0v) is 29.1. The molecule has 0 spiro atoms. The van der Waals surface area contributed by atoms with Gasteiger partial charge >= 0.3 is 0 Å². The number of carbonyl (C=O) groups excluding carboxylic acids is 3. The first-order valence-electron chi connectivity index (χ1n) is 18.3. The van der Waals surface area contributed by atoms with Gasteiger partial charge in [0.15, 0.2) is 0 Å². The minimum atomic E-state index is -0.582. The zero-order valence-electron chi connectivity index (χ0n) is 29.1. The molecule has 4 fully saturated rings. The summed E-state index contributed by atoms with van der Waals surface area (Å²) in [7, 11) is 3.91. The highest BCUT2D eigenvalue weighted by Gasteiger charge is 2.39. The Balaban J connectivity index is 0.850. The van der Waals surface area contributed by atoms with Crippen LogP contribution < -0.4 is 16.2 Å². The van der Waals surface area contributed by atoms with Crippen molar-refractivity contribution in [3.63, 3.8) is 0 Å². The minimum absolute atomic E-state index is 0.0269. The number of rotatable bonds is 8. The van der Waals surface area contributed by atoms with Crippen molar-refractivity contribution in [2.24, 2.45) is 7.05 Å². The van der Waals surface area contributed by atoms with E-state index in [-0.39, 0.29) is 35.7 Å². The maximum atomic E-state index is 13.1. The molecule has 3 saturated heterocycles. The largest absolute Gasteiger partial charge is 0.379 e. The second-order valence-corrected chi connectivity index (χ2v) is 15.3. The summed E-state index contributed by atoms with van der Waals surface area (Å²) < 4.78 is 1.46. The number of piperidine rings is 3. The Morgan fingerprint density at radius 3 is 2.36 bits per heavy atom. The number of imide groups is 1. The molecule has 8 rings (SSSR count). The molecule has 2 N–H and O–H groups in total. The molecule has 1 aliphatic carbocycles. The molecule has 3 amide bonds. The van der Waals surface area contributed by atoms with Crippen molar-refractivity contribution in [2.45, 2.75) is 87.9 Å². The molecule has 4 aliphatic heterocycles. The predicted octanol–water partition coefficient (Wildman–Crippen LogP) is 3.70. The minimum Gasteiger partial charge on any atom is -0.379 e. The lowest BCUT2D eigenvalue weighted by Gasteiger charge is -2.37. The van der Waals surface area contributed by atoms with Crippen LogP contribution in [0.3, 0.4) is 0 Å². The third kappa shape index (κ3) is 6.60. The van der Waals surface area contributed by atoms with Gasteiger partial charge in [0.05, 0.1) is 11.9 Å². The third-order valence-electron chi connectivity index (χ3n) is 11.6. The van der Waals surface area contributed by atoms with Gasteiger partial charge in [-0.3, -0.25) is 29.4 Å². The van der Waals surface area contributed by atoms with Gasteiger partial charge in [-0.1, -0.05) is 36.4 Å². The maximum absolute atomic E-state index is 13.1. The Labute approximate surface area is 293 Å². The lowest BCUT2D eigenvalue weighted by atomic mass is 9.87. The summed E-state index contributed by atoms with van der Waals surface area (Å²) in [6, 6.07) is 15.1. The molecule has 1 saturated carbocycles. The van der Waals surface area contributed by atoms with Crippen LogP contribution in [0.5, 0.6) is 0 Å². The van der Waals surface area contributed by atoms with Gasteiger partial charge in [0.1, 0.15) is 6.04 Å². The molecular weight excluding hydrogens is 630 g/mol. The van der Waals surface area contributed by atoms with E-state index >= 15 is 0 Å². The van der Waals surface area contributed by atoms with Crippen LogP contribution in [-0.2, 0) is 29.7 Å². The van der Waals surface area contributed by atoms with Crippen LogP contribution in [0, 0.1) is 0 Å². The van der Waals surface area contributed by atoms with Crippen LogP contribution in [0.2, 0.25) is 0 Å². The number of likely N-dealkylation sites (tertiary alicyclic amines) is 2. The Hall–Kier alpha value is -4.35. The lowest BCUT2D eigenvalue weighted by molar-refractivity contribution is -0.136. The molecule has 1 aromatic heterocycles. The van der Waals surface area contributed by atoms with Gasteiger partial charge in [-0.05, 0) is 105 Å². The smallest absolute Gasteiger partial charge is 0.272 e. The average molecular weight is 678 g/mol. The normalized spacial score (nSPS) is 25.1. The van der Waals surface area contributed by atoms with E-state index in [4.69, 9.17) is 0 Å². The molecule has 11 heteroatoms. The van der Waals surface area contributed by atoms with Crippen molar-refractivity contribution in [1.82, 2.24) is 29.8 Å². The van der Waals surface area contributed by atoms with E-state index in [9.17, 15) is 19.2 Å². The highest BCUT2D eigenvalue weighted by atomic mass is 16.2. The van der Waals surface area contributed by atoms with Gasteiger partial charge in [-0.2, -0.15) is 5.10 Å². The number of likely N-dealkylation sites (N-methyl/N-ethyl adjacent to an activating group) is 1. The van der Waals surface area contributed by atoms with Gasteiger partial charge < -0.3 is 15.1 Å². The first-order valence-corrected chi connectivity index (χ1v) is 18.3. The van der Waals surface area contributed by atoms with E-state index in [0.717, 1.165) is 81.6 Å². The van der Waals surface area contributed by atoms with Gasteiger partial charge in [-0.15, -0.1) is 0 Å². The zero-order chi connectivity index (χ0) is 34.5. The number of amides is 3. The molecule has 3 unspecified atom stereocenters. The molecule has 5 aliphatic rings. The quantitative estimate of drug-likeness (QED) is 0.347. The molecule has 0 bridgehead atoms. The van der Waals surface area contributed by atoms with Crippen molar-refractivity contribution in [3.05, 3.63) is 92.4 Å². The summed E-state index contributed by atoms with van der Waals surface area (Å²) in [6.45, 7) is 5.35. The molecule has 50 heavy (non-hydrogen) atoms. The number of nitrogens with one attached hydrogen (secondary N) is 2. The molecule has 262 valence electrons. The van der Waals surface area contributed by atoms with E-state index in [1.165, 1.54) is 21.4 Å². The van der Waals surface area contributed by atoms with E-state index in [1.807, 2.05) is 12.3 Å². The fourth-order valence-corrected chi connectivity index (χ4v) is 8.75. The molecule has 5 heterocycles. The number of carbonyl (C=O) groups is 3. The summed E-state index contributed by atoms with van der Waals surface area (Å²) in [5.41, 5.74) is 7.47. The van der Waals surface area contributed by atoms with Crippen molar-refractivity contribution in [3.8, 4) is 0 Å². The van der Waals surface area contributed by atoms with Crippen LogP contribution in [-0.4, -0.2) is 87.5 Å². The molecule has 3 atom stereocenters. The number of hydrogen-bond donors (Lipinski definition) is 2. The number of fused-ring (bicyclic) bond motifs is 1. The maximum Gasteiger partial charge on any atom is 0.272 e. The number of aryl methyl sites for hydroxylation is 1. The van der Waals surface area contributed by atoms with Gasteiger partial charge in [0, 0.05) is 56.8 Å². The summed E-state index contributed by atoms with van der Waals surface area (Å²) in [5, 5.41) is 10.4. The van der Waals surface area contributed by atoms with E-state index in [1.54, 1.807) is 11.9 Å². The van der Waals surface area contributed by atoms with E-state index in [0.29, 0.717) is 36.3 Å². The summed E-state index contributed by atoms with van der Waals surface area (Å²) in [5.74, 6) is 0.467. The second-order valence-electron chi connectivity index (χ2n) is 15.3. The molecule has 2 aromatic carbocycles. The number of aromatic nitrogens is 2. The Morgan fingerprint density at radius 1 is 0.860 bits per heavy atom. The highest BCUT2D eigenvalue weighted by molar-refractivity contribution is 6.05. The number of anilines is 1. The number of benzene rings is 2. The predicted molar refractivity (Wildman–Crippen MR) is 190 cm³/mol. The molecule has 3 aromatic rings. The Morgan fingerprint density at radius 2 is 1.62 bits per heavy atom. The Bertz CT molecular complexity index is 1860. The lowest BCUT2D eigenvalue weighted by Crippen LogP contribution is -2.52. The van der Waals surface area contributed by atoms with Crippen molar-refractivity contribution >= 4 is 23.4 Å². The van der Waals surface area contributed by atoms with Gasteiger partial charge in [0.25, 0.3) is 11.5 Å². The first kappa shape index (κ1) is 32.8. The molecule has 11 nitrogen and oxygen atoms in total. The standard InChI is InChI=1S/C39H47N7O4/c1-43-21-29(18-31(23-43)41-33-19-40-44(2)39(50)36(33)27-7-8-27)25-5-3-24(4-6-25)20-45-15-13-26(14-16-45)28-9-10-32-30(17-28)22-46(38(32)49)34-11-12-35(47)42-37(34)48/h3-6,9-10,17,19,26-27,29,31,34,41H,7-8,11-16,18,20-23H2,1-2H3,(H,42,47,48). The van der Waals surface area contributed by atoms with Crippen LogP contribution in [0.1, 0.15) is 101 Å². The van der Waals surface area contributed by atoms with Crippen molar-refractivity contribution < 1.29 is 14.4 Å². The number of nitrogens with zero attached hydrogens (tertiary/aromatic N) is 5. The SMILES string of the molecule is CN1CC(Nc2cnn(C)c(=O)c2C2CC2)CC(c2ccc(CN3CCC(c4ccc5c(c4)CN(C4CCC(=O)NC4=O)C5=O)CC3)cc2)C1. The fraction of sp³-hybridized carbons (Fsp3) is 0.513. The fourth-order valence-electron chi connectivity index (χ4n) is 8.75. The molecule has 0 radical (unpaired) electrons. The summed E-state index contributed by atoms with van der Waals surface area (Å²) >= 11 is 0. The summed E-state index contributed by atoms with van der Waals surface area (Å²) in [4.78, 5) is 56.6. The van der Waals surface area contributed by atoms with Crippen LogP contribution in [0.15, 0.2) is 53.5 Å². The van der Waals surface area contributed by atoms with Crippen molar-refractivity contribution in [2.75, 3.05) is 38.5 Å². The van der Waals surface area contributed by atoms with Gasteiger partial charge in [-0.25, -0.2) is 4.68 Å². The highest BCUT2D eigenvalue weighted by Crippen LogP contribution is 2.42. The molecular formula is C39H47N7O4. The Kier molecular flexibility index (Phi) is 8.81. The topological polar surface area (TPSA) is 120 Å². The van der Waals surface area contributed by atoms with E-state index in [2.05, 4.69) is 69.0 Å². The monoisotopic (exact) mass is 677 g/mol. The van der Waals surface area contributed by atoms with Crippen LogP contribution in [0.4, 0.5) is 5.69 Å². The van der Waals surface area contributed by atoms with Crippen molar-refractivity contribution in [1.29, 1.82) is 0 Å². The third-order valence-corrected chi connectivity index (χ3v) is 11.6. The average Bonchev–Trinajstić information content (AvgIpc) is 3.89.